The van der Waals surface area contributed by atoms with Crippen LogP contribution in [0.2, 0.25) is 13.6 Å². The van der Waals surface area contributed by atoms with E-state index in [1.165, 1.54) is 25.3 Å². The Morgan fingerprint density at radius 2 is 1.33 bits per heavy atom. The average molecular weight is 332 g/mol. The van der Waals surface area contributed by atoms with Gasteiger partial charge in [-0.05, 0) is 41.6 Å². The highest BCUT2D eigenvalue weighted by Crippen LogP contribution is 2.14. The first kappa shape index (κ1) is 20.1. The Morgan fingerprint density at radius 3 is 1.79 bits per heavy atom. The quantitative estimate of drug-likeness (QED) is 0.833. The fourth-order valence-corrected chi connectivity index (χ4v) is 2.10. The van der Waals surface area contributed by atoms with Crippen LogP contribution in [0.4, 0.5) is 4.39 Å². The number of ether oxygens (including phenoxy) is 2. The van der Waals surface area contributed by atoms with Crippen LogP contribution >= 0.6 is 0 Å². The molecule has 0 amide bonds. The number of rotatable bonds is 4. The third-order valence-electron chi connectivity index (χ3n) is 3.56. The minimum Gasteiger partial charge on any atom is -0.496 e. The normalized spacial score (nSPS) is 9.67. The lowest BCUT2D eigenvalue weighted by Crippen LogP contribution is -2.26. The Labute approximate surface area is 143 Å². The van der Waals surface area contributed by atoms with Crippen molar-refractivity contribution in [3.63, 3.8) is 0 Å². The summed E-state index contributed by atoms with van der Waals surface area (Å²) in [5.74, 6) is 0.606. The number of hydrogen-bond acceptors (Lipinski definition) is 4. The van der Waals surface area contributed by atoms with Crippen LogP contribution in [0.1, 0.15) is 5.56 Å². The summed E-state index contributed by atoms with van der Waals surface area (Å²) in [6.45, 7) is 4.33. The smallest absolute Gasteiger partial charge is 0.320 e. The van der Waals surface area contributed by atoms with Gasteiger partial charge in [0, 0.05) is 0 Å². The van der Waals surface area contributed by atoms with Crippen molar-refractivity contribution in [1.82, 2.24) is 0 Å². The first-order chi connectivity index (χ1) is 11.3. The van der Waals surface area contributed by atoms with E-state index in [4.69, 9.17) is 14.5 Å². The topological polar surface area (TPSA) is 58.9 Å². The van der Waals surface area contributed by atoms with Gasteiger partial charge in [-0.15, -0.1) is 0 Å². The predicted molar refractivity (Wildman–Crippen MR) is 97.6 cm³/mol. The number of hydrogen-bond donors (Lipinski definition) is 2. The van der Waals surface area contributed by atoms with Crippen molar-refractivity contribution in [3.05, 3.63) is 47.8 Å². The van der Waals surface area contributed by atoms with Crippen LogP contribution in [0, 0.1) is 12.7 Å². The highest BCUT2D eigenvalue weighted by molar-refractivity contribution is 6.65. The second-order valence-corrected chi connectivity index (χ2v) is 5.47. The number of halogens is 1. The maximum absolute atomic E-state index is 12.8. The molecule has 0 aliphatic carbocycles. The van der Waals surface area contributed by atoms with Crippen molar-refractivity contribution in [1.29, 1.82) is 0 Å². The van der Waals surface area contributed by atoms with Crippen molar-refractivity contribution in [2.24, 2.45) is 0 Å². The van der Waals surface area contributed by atoms with Gasteiger partial charge in [0.15, 0.2) is 11.6 Å². The summed E-state index contributed by atoms with van der Waals surface area (Å²) < 4.78 is 22.7. The summed E-state index contributed by atoms with van der Waals surface area (Å²) in [5, 5.41) is 18.4. The molecule has 2 aromatic carbocycles. The van der Waals surface area contributed by atoms with Crippen molar-refractivity contribution < 1.29 is 23.9 Å². The van der Waals surface area contributed by atoms with E-state index in [2.05, 4.69) is 0 Å². The number of aryl methyl sites for hydroxylation is 1. The van der Waals surface area contributed by atoms with Gasteiger partial charge < -0.3 is 19.5 Å². The fraction of sp³-hybridized carbons (Fsp3) is 0.294. The Kier molecular flexibility index (Phi) is 7.82. The first-order valence-electron chi connectivity index (χ1n) is 7.64. The molecule has 0 aliphatic rings. The molecule has 0 heterocycles. The zero-order valence-electron chi connectivity index (χ0n) is 14.7. The van der Waals surface area contributed by atoms with E-state index < -0.39 is 19.6 Å². The molecular formula is C17H23B2FO4. The molecule has 0 bridgehead atoms. The minimum absolute atomic E-state index is 0.161. The maximum atomic E-state index is 12.8. The molecule has 24 heavy (non-hydrogen) atoms. The molecule has 0 spiro atoms. The van der Waals surface area contributed by atoms with Crippen molar-refractivity contribution in [2.75, 3.05) is 14.2 Å². The first-order valence-corrected chi connectivity index (χ1v) is 7.64. The van der Waals surface area contributed by atoms with Crippen LogP contribution in [0.25, 0.3) is 0 Å². The molecule has 2 N–H and O–H groups in total. The second kappa shape index (κ2) is 9.35. The Balaban J connectivity index is 0.000000240. The van der Waals surface area contributed by atoms with Crippen molar-refractivity contribution in [2.45, 2.75) is 20.6 Å². The Bertz CT molecular complexity index is 663. The van der Waals surface area contributed by atoms with E-state index in [1.54, 1.807) is 20.8 Å². The van der Waals surface area contributed by atoms with Crippen molar-refractivity contribution >= 4 is 24.8 Å². The molecule has 0 aliphatic heterocycles. The molecule has 0 fully saturated rings. The SMILES string of the molecule is COc1cc(B(C)O)ccc1F.COc1ccc(B(C)O)cc1C. The number of methoxy groups -OCH3 is 2. The maximum Gasteiger partial charge on any atom is 0.320 e. The van der Waals surface area contributed by atoms with E-state index in [1.807, 2.05) is 25.1 Å². The average Bonchev–Trinajstić information content (AvgIpc) is 2.55. The van der Waals surface area contributed by atoms with Crippen LogP contribution in [-0.4, -0.2) is 38.1 Å². The predicted octanol–water partition coefficient (Wildman–Crippen LogP) is 1.48. The van der Waals surface area contributed by atoms with Crippen LogP contribution in [-0.2, 0) is 0 Å². The summed E-state index contributed by atoms with van der Waals surface area (Å²) >= 11 is 0. The van der Waals surface area contributed by atoms with Crippen LogP contribution in [0.3, 0.4) is 0 Å². The zero-order valence-corrected chi connectivity index (χ0v) is 14.7. The lowest BCUT2D eigenvalue weighted by molar-refractivity contribution is 0.387. The molecule has 0 unspecified atom stereocenters. The van der Waals surface area contributed by atoms with Gasteiger partial charge in [-0.1, -0.05) is 31.8 Å². The van der Waals surface area contributed by atoms with E-state index in [0.717, 1.165) is 16.8 Å². The van der Waals surface area contributed by atoms with Crippen molar-refractivity contribution in [3.8, 4) is 11.5 Å². The molecular weight excluding hydrogens is 309 g/mol. The van der Waals surface area contributed by atoms with Crippen LogP contribution in [0.15, 0.2) is 36.4 Å². The van der Waals surface area contributed by atoms with Gasteiger partial charge in [-0.3, -0.25) is 0 Å². The van der Waals surface area contributed by atoms with E-state index >= 15 is 0 Å². The molecule has 0 radical (unpaired) electrons. The molecule has 128 valence electrons. The number of benzene rings is 2. The summed E-state index contributed by atoms with van der Waals surface area (Å²) in [5.41, 5.74) is 2.62. The van der Waals surface area contributed by atoms with Gasteiger partial charge in [0.1, 0.15) is 5.75 Å². The van der Waals surface area contributed by atoms with Gasteiger partial charge in [0.2, 0.25) is 0 Å². The molecule has 2 aromatic rings. The largest absolute Gasteiger partial charge is 0.496 e. The summed E-state index contributed by atoms with van der Waals surface area (Å²) in [4.78, 5) is 0. The summed E-state index contributed by atoms with van der Waals surface area (Å²) in [7, 11) is 3.04. The standard InChI is InChI=1S/C9H13BO2.C8H10BFO2/c1-7-6-8(10(2)11)4-5-9(7)12-3;1-9(11)6-3-4-7(10)8(5-6)12-2/h4-6,11H,1-3H3;3-5,11H,1-2H3. The molecule has 7 heteroatoms. The zero-order chi connectivity index (χ0) is 18.3. The van der Waals surface area contributed by atoms with Gasteiger partial charge in [0.05, 0.1) is 14.2 Å². The second-order valence-electron chi connectivity index (χ2n) is 5.47. The minimum atomic E-state index is -0.598. The lowest BCUT2D eigenvalue weighted by atomic mass is 9.64. The van der Waals surface area contributed by atoms with Crippen LogP contribution in [0.5, 0.6) is 11.5 Å². The van der Waals surface area contributed by atoms with Gasteiger partial charge in [0.25, 0.3) is 0 Å². The van der Waals surface area contributed by atoms with E-state index in [-0.39, 0.29) is 5.75 Å². The third kappa shape index (κ3) is 5.58. The lowest BCUT2D eigenvalue weighted by Gasteiger charge is -2.06. The van der Waals surface area contributed by atoms with Gasteiger partial charge >= 0.3 is 13.8 Å². The Morgan fingerprint density at radius 1 is 0.833 bits per heavy atom. The molecule has 2 rings (SSSR count). The van der Waals surface area contributed by atoms with Gasteiger partial charge in [-0.25, -0.2) is 4.39 Å². The monoisotopic (exact) mass is 332 g/mol. The summed E-state index contributed by atoms with van der Waals surface area (Å²) in [6.07, 6.45) is 0. The highest BCUT2D eigenvalue weighted by atomic mass is 19.1. The van der Waals surface area contributed by atoms with E-state index in [9.17, 15) is 9.41 Å². The molecule has 0 saturated carbocycles. The molecule has 4 nitrogen and oxygen atoms in total. The highest BCUT2D eigenvalue weighted by Gasteiger charge is 2.10. The van der Waals surface area contributed by atoms with Crippen LogP contribution < -0.4 is 20.4 Å². The van der Waals surface area contributed by atoms with Gasteiger partial charge in [-0.2, -0.15) is 0 Å². The third-order valence-corrected chi connectivity index (χ3v) is 3.56. The van der Waals surface area contributed by atoms with E-state index in [0.29, 0.717) is 5.46 Å². The fourth-order valence-electron chi connectivity index (χ4n) is 2.10. The summed E-state index contributed by atoms with van der Waals surface area (Å²) in [6, 6.07) is 9.97. The molecule has 0 saturated heterocycles. The Hall–Kier alpha value is -1.98. The molecule has 0 aromatic heterocycles. The molecule has 0 atom stereocenters.